The van der Waals surface area contributed by atoms with E-state index >= 15 is 0 Å². The number of amides is 1. The van der Waals surface area contributed by atoms with Crippen molar-refractivity contribution in [1.29, 1.82) is 0 Å². The van der Waals surface area contributed by atoms with E-state index in [1.54, 1.807) is 0 Å². The van der Waals surface area contributed by atoms with Crippen molar-refractivity contribution in [2.45, 2.75) is 39.2 Å². The molecule has 0 fully saturated rings. The van der Waals surface area contributed by atoms with E-state index in [1.807, 2.05) is 24.3 Å². The second kappa shape index (κ2) is 9.53. The number of hydrogen-bond donors (Lipinski definition) is 2. The molecule has 0 radical (unpaired) electrons. The third-order valence-corrected chi connectivity index (χ3v) is 2.84. The molecule has 0 atom stereocenters. The van der Waals surface area contributed by atoms with Gasteiger partial charge in [0.2, 0.25) is 5.91 Å². The normalized spacial score (nSPS) is 10.4. The molecule has 0 spiro atoms. The Balaban J connectivity index is 2.16. The topological polar surface area (TPSA) is 64.3 Å². The van der Waals surface area contributed by atoms with Gasteiger partial charge in [-0.1, -0.05) is 31.9 Å². The van der Waals surface area contributed by atoms with Gasteiger partial charge in [0.15, 0.2) is 0 Å². The summed E-state index contributed by atoms with van der Waals surface area (Å²) in [4.78, 5) is 11.6. The van der Waals surface area contributed by atoms with Gasteiger partial charge in [0.1, 0.15) is 0 Å². The predicted molar refractivity (Wildman–Crippen MR) is 77.9 cm³/mol. The van der Waals surface area contributed by atoms with Gasteiger partial charge < -0.3 is 15.8 Å². The molecule has 106 valence electrons. The lowest BCUT2D eigenvalue weighted by Crippen LogP contribution is -2.14. The molecule has 4 heteroatoms. The zero-order valence-corrected chi connectivity index (χ0v) is 11.7. The first-order chi connectivity index (χ1) is 9.26. The largest absolute Gasteiger partial charge is 0.381 e. The number of rotatable bonds is 9. The van der Waals surface area contributed by atoms with Crippen LogP contribution in [0.4, 0.5) is 5.69 Å². The van der Waals surface area contributed by atoms with Crippen LogP contribution in [-0.2, 0) is 16.1 Å². The van der Waals surface area contributed by atoms with Crippen molar-refractivity contribution in [2.24, 2.45) is 5.73 Å². The number of carbonyl (C=O) groups excluding carboxylic acids is 1. The van der Waals surface area contributed by atoms with E-state index in [0.717, 1.165) is 24.3 Å². The number of nitrogens with one attached hydrogen (secondary N) is 1. The lowest BCUT2D eigenvalue weighted by atomic mass is 10.2. The number of hydrogen-bond acceptors (Lipinski definition) is 3. The minimum atomic E-state index is -0.0176. The lowest BCUT2D eigenvalue weighted by Gasteiger charge is -2.06. The Hall–Kier alpha value is -1.39. The summed E-state index contributed by atoms with van der Waals surface area (Å²) in [7, 11) is 0. The second-order valence-electron chi connectivity index (χ2n) is 4.52. The maximum atomic E-state index is 11.6. The van der Waals surface area contributed by atoms with E-state index in [2.05, 4.69) is 12.2 Å². The zero-order valence-electron chi connectivity index (χ0n) is 11.7. The molecule has 1 aromatic carbocycles. The van der Waals surface area contributed by atoms with Crippen molar-refractivity contribution in [3.63, 3.8) is 0 Å². The van der Waals surface area contributed by atoms with Gasteiger partial charge >= 0.3 is 0 Å². The second-order valence-corrected chi connectivity index (χ2v) is 4.52. The summed E-state index contributed by atoms with van der Waals surface area (Å²) in [6.45, 7) is 3.89. The number of unbranched alkanes of at least 4 members (excludes halogenated alkanes) is 2. The molecule has 0 aliphatic rings. The summed E-state index contributed by atoms with van der Waals surface area (Å²) in [6.07, 6.45) is 3.83. The monoisotopic (exact) mass is 264 g/mol. The molecule has 0 aliphatic carbocycles. The molecule has 19 heavy (non-hydrogen) atoms. The Morgan fingerprint density at radius 2 is 1.95 bits per heavy atom. The van der Waals surface area contributed by atoms with E-state index in [4.69, 9.17) is 10.5 Å². The molecule has 0 aromatic heterocycles. The molecule has 0 aliphatic heterocycles. The molecule has 1 rings (SSSR count). The van der Waals surface area contributed by atoms with Crippen molar-refractivity contribution in [1.82, 2.24) is 0 Å². The molecular formula is C15H24N2O2. The van der Waals surface area contributed by atoms with E-state index in [-0.39, 0.29) is 5.91 Å². The van der Waals surface area contributed by atoms with Gasteiger partial charge in [-0.15, -0.1) is 0 Å². The van der Waals surface area contributed by atoms with Gasteiger partial charge in [-0.25, -0.2) is 0 Å². The highest BCUT2D eigenvalue weighted by Gasteiger charge is 2.02. The van der Waals surface area contributed by atoms with Crippen LogP contribution in [0.5, 0.6) is 0 Å². The number of benzene rings is 1. The summed E-state index contributed by atoms with van der Waals surface area (Å²) >= 11 is 0. The third-order valence-electron chi connectivity index (χ3n) is 2.84. The fraction of sp³-hybridized carbons (Fsp3) is 0.533. The van der Waals surface area contributed by atoms with Crippen LogP contribution in [0.15, 0.2) is 24.3 Å². The van der Waals surface area contributed by atoms with Crippen LogP contribution in [0, 0.1) is 0 Å². The molecule has 4 nitrogen and oxygen atoms in total. The average molecular weight is 264 g/mol. The first kappa shape index (κ1) is 15.7. The van der Waals surface area contributed by atoms with E-state index in [0.29, 0.717) is 19.6 Å². The molecule has 0 unspecified atom stereocenters. The number of nitrogens with two attached hydrogens (primary N) is 1. The zero-order chi connectivity index (χ0) is 13.9. The Kier molecular flexibility index (Phi) is 7.86. The maximum absolute atomic E-state index is 11.6. The molecule has 0 heterocycles. The smallest absolute Gasteiger partial charge is 0.226 e. The number of ether oxygens (including phenoxy) is 1. The fourth-order valence-electron chi connectivity index (χ4n) is 1.67. The Morgan fingerprint density at radius 1 is 1.21 bits per heavy atom. The molecule has 1 amide bonds. The van der Waals surface area contributed by atoms with Crippen LogP contribution >= 0.6 is 0 Å². The molecule has 0 saturated carbocycles. The Labute approximate surface area is 115 Å². The molecular weight excluding hydrogens is 240 g/mol. The minimum Gasteiger partial charge on any atom is -0.381 e. The van der Waals surface area contributed by atoms with Gasteiger partial charge in [0.05, 0.1) is 13.0 Å². The number of carbonyl (C=O) groups is 1. The van der Waals surface area contributed by atoms with Crippen molar-refractivity contribution in [3.05, 3.63) is 29.8 Å². The highest BCUT2D eigenvalue weighted by molar-refractivity contribution is 5.90. The van der Waals surface area contributed by atoms with Crippen molar-refractivity contribution < 1.29 is 9.53 Å². The summed E-state index contributed by atoms with van der Waals surface area (Å²) in [5.41, 5.74) is 7.37. The third kappa shape index (κ3) is 6.94. The predicted octanol–water partition coefficient (Wildman–Crippen LogP) is 2.68. The maximum Gasteiger partial charge on any atom is 0.226 e. The summed E-state index contributed by atoms with van der Waals surface area (Å²) in [5.74, 6) is -0.0176. The van der Waals surface area contributed by atoms with Crippen molar-refractivity contribution >= 4 is 11.6 Å². The van der Waals surface area contributed by atoms with Gasteiger partial charge in [-0.3, -0.25) is 4.79 Å². The quantitative estimate of drug-likeness (QED) is 0.674. The van der Waals surface area contributed by atoms with Crippen LogP contribution in [0.25, 0.3) is 0 Å². The van der Waals surface area contributed by atoms with E-state index in [1.165, 1.54) is 12.8 Å². The van der Waals surface area contributed by atoms with Crippen LogP contribution < -0.4 is 11.1 Å². The Morgan fingerprint density at radius 3 is 2.58 bits per heavy atom. The molecule has 3 N–H and O–H groups in total. The van der Waals surface area contributed by atoms with E-state index in [9.17, 15) is 4.79 Å². The standard InChI is InChI=1S/C15H24N2O2/c1-2-3-4-10-19-11-9-15(18)17-14-7-5-13(12-16)6-8-14/h5-8H,2-4,9-12,16H2,1H3,(H,17,18). The van der Waals surface area contributed by atoms with Gasteiger partial charge in [0.25, 0.3) is 0 Å². The van der Waals surface area contributed by atoms with Crippen LogP contribution in [0.1, 0.15) is 38.2 Å². The Bertz CT molecular complexity index is 363. The van der Waals surface area contributed by atoms with Crippen LogP contribution in [0.3, 0.4) is 0 Å². The van der Waals surface area contributed by atoms with Crippen molar-refractivity contribution in [3.8, 4) is 0 Å². The summed E-state index contributed by atoms with van der Waals surface area (Å²) < 4.78 is 5.40. The summed E-state index contributed by atoms with van der Waals surface area (Å²) in [6, 6.07) is 7.55. The first-order valence-corrected chi connectivity index (χ1v) is 6.93. The molecule has 0 bridgehead atoms. The molecule has 1 aromatic rings. The van der Waals surface area contributed by atoms with Gasteiger partial charge in [0, 0.05) is 18.8 Å². The van der Waals surface area contributed by atoms with Crippen LogP contribution in [-0.4, -0.2) is 19.1 Å². The number of anilines is 1. The minimum absolute atomic E-state index is 0.0176. The fourth-order valence-corrected chi connectivity index (χ4v) is 1.67. The van der Waals surface area contributed by atoms with Gasteiger partial charge in [-0.05, 0) is 24.1 Å². The van der Waals surface area contributed by atoms with Crippen LogP contribution in [0.2, 0.25) is 0 Å². The van der Waals surface area contributed by atoms with E-state index < -0.39 is 0 Å². The summed E-state index contributed by atoms with van der Waals surface area (Å²) in [5, 5.41) is 2.84. The SMILES string of the molecule is CCCCCOCCC(=O)Nc1ccc(CN)cc1. The lowest BCUT2D eigenvalue weighted by molar-refractivity contribution is -0.117. The average Bonchev–Trinajstić information content (AvgIpc) is 2.43. The highest BCUT2D eigenvalue weighted by Crippen LogP contribution is 2.09. The van der Waals surface area contributed by atoms with Gasteiger partial charge in [-0.2, -0.15) is 0 Å². The first-order valence-electron chi connectivity index (χ1n) is 6.93. The molecule has 0 saturated heterocycles. The van der Waals surface area contributed by atoms with Crippen molar-refractivity contribution in [2.75, 3.05) is 18.5 Å². The highest BCUT2D eigenvalue weighted by atomic mass is 16.5.